The van der Waals surface area contributed by atoms with E-state index >= 15 is 0 Å². The fourth-order valence-corrected chi connectivity index (χ4v) is 2.94. The van der Waals surface area contributed by atoms with Crippen molar-refractivity contribution >= 4 is 11.6 Å². The van der Waals surface area contributed by atoms with E-state index in [1.165, 1.54) is 0 Å². The molecule has 7 nitrogen and oxygen atoms in total. The lowest BCUT2D eigenvalue weighted by Crippen LogP contribution is -2.36. The third-order valence-electron chi connectivity index (χ3n) is 4.16. The zero-order valence-corrected chi connectivity index (χ0v) is 13.9. The summed E-state index contributed by atoms with van der Waals surface area (Å²) in [5, 5.41) is 7.53. The van der Waals surface area contributed by atoms with Crippen molar-refractivity contribution in [3.63, 3.8) is 0 Å². The maximum Gasteiger partial charge on any atom is 0.139 e. The van der Waals surface area contributed by atoms with E-state index in [0.717, 1.165) is 61.4 Å². The summed E-state index contributed by atoms with van der Waals surface area (Å²) in [6, 6.07) is 2.11. The van der Waals surface area contributed by atoms with Crippen molar-refractivity contribution in [2.45, 2.75) is 33.2 Å². The molecule has 23 heavy (non-hydrogen) atoms. The Morgan fingerprint density at radius 1 is 1.26 bits per heavy atom. The molecule has 1 N–H and O–H groups in total. The molecule has 7 heteroatoms. The first kappa shape index (κ1) is 15.7. The molecular formula is C16H23N5O2. The van der Waals surface area contributed by atoms with Crippen LogP contribution >= 0.6 is 0 Å². The largest absolute Gasteiger partial charge is 0.378 e. The Bertz CT molecular complexity index is 632. The van der Waals surface area contributed by atoms with Gasteiger partial charge in [0.05, 0.1) is 24.9 Å². The minimum absolute atomic E-state index is 0.119. The molecule has 1 fully saturated rings. The van der Waals surface area contributed by atoms with Crippen LogP contribution < -0.4 is 10.2 Å². The highest BCUT2D eigenvalue weighted by Crippen LogP contribution is 2.28. The molecule has 1 saturated heterocycles. The zero-order valence-electron chi connectivity index (χ0n) is 13.9. The van der Waals surface area contributed by atoms with Crippen LogP contribution in [0.25, 0.3) is 0 Å². The van der Waals surface area contributed by atoms with Crippen molar-refractivity contribution in [3.05, 3.63) is 29.4 Å². The van der Waals surface area contributed by atoms with Gasteiger partial charge in [0.2, 0.25) is 0 Å². The summed E-state index contributed by atoms with van der Waals surface area (Å²) < 4.78 is 10.7. The van der Waals surface area contributed by atoms with Crippen LogP contribution in [0.1, 0.15) is 36.4 Å². The van der Waals surface area contributed by atoms with Gasteiger partial charge in [0, 0.05) is 24.7 Å². The SMILES string of the molecule is CC[C@H](Nc1cc(N2CCOCC2)ncn1)c1c(C)noc1C. The molecule has 124 valence electrons. The normalized spacial score (nSPS) is 16.4. The topological polar surface area (TPSA) is 76.3 Å². The maximum atomic E-state index is 5.39. The van der Waals surface area contributed by atoms with Gasteiger partial charge in [0.15, 0.2) is 0 Å². The summed E-state index contributed by atoms with van der Waals surface area (Å²) in [4.78, 5) is 11.0. The first-order valence-corrected chi connectivity index (χ1v) is 8.03. The molecule has 0 spiro atoms. The van der Waals surface area contributed by atoms with Crippen molar-refractivity contribution < 1.29 is 9.26 Å². The number of nitrogens with zero attached hydrogens (tertiary/aromatic N) is 4. The summed E-state index contributed by atoms with van der Waals surface area (Å²) >= 11 is 0. The van der Waals surface area contributed by atoms with Crippen molar-refractivity contribution in [1.29, 1.82) is 0 Å². The Balaban J connectivity index is 1.78. The van der Waals surface area contributed by atoms with Crippen LogP contribution in [-0.2, 0) is 4.74 Å². The Labute approximate surface area is 136 Å². The van der Waals surface area contributed by atoms with Crippen LogP contribution in [-0.4, -0.2) is 41.4 Å². The molecule has 0 unspecified atom stereocenters. The van der Waals surface area contributed by atoms with Gasteiger partial charge < -0.3 is 19.5 Å². The average Bonchev–Trinajstić information content (AvgIpc) is 2.93. The monoisotopic (exact) mass is 317 g/mol. The smallest absolute Gasteiger partial charge is 0.139 e. The van der Waals surface area contributed by atoms with E-state index in [4.69, 9.17) is 9.26 Å². The lowest BCUT2D eigenvalue weighted by atomic mass is 10.0. The fourth-order valence-electron chi connectivity index (χ4n) is 2.94. The minimum Gasteiger partial charge on any atom is -0.378 e. The van der Waals surface area contributed by atoms with Crippen molar-refractivity contribution in [2.75, 3.05) is 36.5 Å². The quantitative estimate of drug-likeness (QED) is 0.907. The second-order valence-electron chi connectivity index (χ2n) is 5.70. The number of aryl methyl sites for hydroxylation is 2. The van der Waals surface area contributed by atoms with Gasteiger partial charge in [0.25, 0.3) is 0 Å². The third kappa shape index (κ3) is 3.44. The number of anilines is 2. The molecule has 3 heterocycles. The van der Waals surface area contributed by atoms with E-state index in [2.05, 4.69) is 32.3 Å². The second-order valence-corrected chi connectivity index (χ2v) is 5.70. The van der Waals surface area contributed by atoms with E-state index < -0.39 is 0 Å². The van der Waals surface area contributed by atoms with Crippen LogP contribution in [0.5, 0.6) is 0 Å². The summed E-state index contributed by atoms with van der Waals surface area (Å²) in [7, 11) is 0. The zero-order chi connectivity index (χ0) is 16.2. The average molecular weight is 317 g/mol. The number of aromatic nitrogens is 3. The molecule has 0 amide bonds. The third-order valence-corrected chi connectivity index (χ3v) is 4.16. The molecule has 2 aromatic heterocycles. The molecule has 1 atom stereocenters. The Morgan fingerprint density at radius 3 is 2.70 bits per heavy atom. The standard InChI is InChI=1S/C16H23N5O2/c1-4-13(16-11(2)20-23-12(16)3)19-14-9-15(18-10-17-14)21-5-7-22-8-6-21/h9-10,13H,4-8H2,1-3H3,(H,17,18,19)/t13-/m0/s1. The number of nitrogens with one attached hydrogen (secondary N) is 1. The number of morpholine rings is 1. The summed E-state index contributed by atoms with van der Waals surface area (Å²) in [6.07, 6.45) is 2.52. The van der Waals surface area contributed by atoms with Gasteiger partial charge in [-0.3, -0.25) is 0 Å². The first-order chi connectivity index (χ1) is 11.2. The van der Waals surface area contributed by atoms with E-state index in [1.807, 2.05) is 19.9 Å². The highest BCUT2D eigenvalue weighted by Gasteiger charge is 2.20. The Hall–Kier alpha value is -2.15. The van der Waals surface area contributed by atoms with Crippen LogP contribution in [0.15, 0.2) is 16.9 Å². The van der Waals surface area contributed by atoms with Crippen LogP contribution in [0.3, 0.4) is 0 Å². The molecule has 1 aliphatic rings. The van der Waals surface area contributed by atoms with E-state index in [-0.39, 0.29) is 6.04 Å². The summed E-state index contributed by atoms with van der Waals surface area (Å²) in [5.74, 6) is 2.59. The van der Waals surface area contributed by atoms with Gasteiger partial charge >= 0.3 is 0 Å². The lowest BCUT2D eigenvalue weighted by Gasteiger charge is -2.28. The van der Waals surface area contributed by atoms with E-state index in [1.54, 1.807) is 6.33 Å². The lowest BCUT2D eigenvalue weighted by molar-refractivity contribution is 0.122. The number of ether oxygens (including phenoxy) is 1. The van der Waals surface area contributed by atoms with Crippen LogP contribution in [0.4, 0.5) is 11.6 Å². The number of rotatable bonds is 5. The van der Waals surface area contributed by atoms with Crippen molar-refractivity contribution in [3.8, 4) is 0 Å². The van der Waals surface area contributed by atoms with Crippen LogP contribution in [0, 0.1) is 13.8 Å². The molecule has 0 aliphatic carbocycles. The molecule has 0 aromatic carbocycles. The molecule has 0 radical (unpaired) electrons. The first-order valence-electron chi connectivity index (χ1n) is 8.03. The second kappa shape index (κ2) is 6.95. The number of hydrogen-bond donors (Lipinski definition) is 1. The molecule has 2 aromatic rings. The molecular weight excluding hydrogens is 294 g/mol. The van der Waals surface area contributed by atoms with E-state index in [0.29, 0.717) is 0 Å². The fraction of sp³-hybridized carbons (Fsp3) is 0.562. The maximum absolute atomic E-state index is 5.39. The van der Waals surface area contributed by atoms with Gasteiger partial charge in [0.1, 0.15) is 23.7 Å². The molecule has 1 aliphatic heterocycles. The predicted octanol–water partition coefficient (Wildman–Crippen LogP) is 2.48. The molecule has 3 rings (SSSR count). The van der Waals surface area contributed by atoms with Gasteiger partial charge in [-0.05, 0) is 20.3 Å². The highest BCUT2D eigenvalue weighted by molar-refractivity contribution is 5.50. The summed E-state index contributed by atoms with van der Waals surface area (Å²) in [6.45, 7) is 9.24. The Morgan fingerprint density at radius 2 is 2.04 bits per heavy atom. The molecule has 0 saturated carbocycles. The van der Waals surface area contributed by atoms with Gasteiger partial charge in [-0.2, -0.15) is 0 Å². The van der Waals surface area contributed by atoms with Crippen molar-refractivity contribution in [2.24, 2.45) is 0 Å². The predicted molar refractivity (Wildman–Crippen MR) is 87.7 cm³/mol. The Kier molecular flexibility index (Phi) is 4.76. The van der Waals surface area contributed by atoms with Gasteiger partial charge in [-0.25, -0.2) is 9.97 Å². The minimum atomic E-state index is 0.119. The van der Waals surface area contributed by atoms with Gasteiger partial charge in [-0.1, -0.05) is 12.1 Å². The highest BCUT2D eigenvalue weighted by atomic mass is 16.5. The summed E-state index contributed by atoms with van der Waals surface area (Å²) in [5.41, 5.74) is 2.03. The van der Waals surface area contributed by atoms with E-state index in [9.17, 15) is 0 Å². The van der Waals surface area contributed by atoms with Crippen molar-refractivity contribution in [1.82, 2.24) is 15.1 Å². The van der Waals surface area contributed by atoms with Gasteiger partial charge in [-0.15, -0.1) is 0 Å². The number of hydrogen-bond acceptors (Lipinski definition) is 7. The van der Waals surface area contributed by atoms with Crippen LogP contribution in [0.2, 0.25) is 0 Å². The molecule has 0 bridgehead atoms.